The first-order chi connectivity index (χ1) is 6.07. The van der Waals surface area contributed by atoms with Gasteiger partial charge < -0.3 is 5.11 Å². The van der Waals surface area contributed by atoms with Crippen LogP contribution in [0.2, 0.25) is 0 Å². The molecule has 1 fully saturated rings. The minimum absolute atomic E-state index is 0.445. The van der Waals surface area contributed by atoms with Gasteiger partial charge in [0.2, 0.25) is 0 Å². The Labute approximate surface area is 82.6 Å². The van der Waals surface area contributed by atoms with Crippen LogP contribution in [0.15, 0.2) is 5.38 Å². The SMILES string of the molecule is Cc1nc(CC2(O)CC(C)C2)cs1. The van der Waals surface area contributed by atoms with Crippen LogP contribution in [-0.2, 0) is 6.42 Å². The molecule has 1 aliphatic carbocycles. The van der Waals surface area contributed by atoms with E-state index in [0.29, 0.717) is 5.92 Å². The second kappa shape index (κ2) is 3.07. The predicted octanol–water partition coefficient (Wildman–Crippen LogP) is 2.16. The third-order valence-corrected chi connectivity index (χ3v) is 3.46. The molecule has 0 bridgehead atoms. The lowest BCUT2D eigenvalue weighted by Gasteiger charge is -2.41. The number of aromatic nitrogens is 1. The Hall–Kier alpha value is -0.410. The van der Waals surface area contributed by atoms with Gasteiger partial charge in [-0.15, -0.1) is 11.3 Å². The smallest absolute Gasteiger partial charge is 0.0897 e. The van der Waals surface area contributed by atoms with Crippen LogP contribution >= 0.6 is 11.3 Å². The summed E-state index contributed by atoms with van der Waals surface area (Å²) < 4.78 is 0. The average Bonchev–Trinajstić information content (AvgIpc) is 2.32. The van der Waals surface area contributed by atoms with Crippen LogP contribution in [0.4, 0.5) is 0 Å². The van der Waals surface area contributed by atoms with Gasteiger partial charge in [-0.1, -0.05) is 6.92 Å². The molecule has 1 N–H and O–H groups in total. The van der Waals surface area contributed by atoms with Gasteiger partial charge in [0.25, 0.3) is 0 Å². The minimum atomic E-state index is -0.445. The fourth-order valence-electron chi connectivity index (χ4n) is 2.21. The second-order valence-electron chi connectivity index (χ2n) is 4.27. The van der Waals surface area contributed by atoms with Crippen LogP contribution in [0.25, 0.3) is 0 Å². The maximum absolute atomic E-state index is 10.0. The Morgan fingerprint density at radius 3 is 2.85 bits per heavy atom. The van der Waals surface area contributed by atoms with Crippen LogP contribution in [-0.4, -0.2) is 15.7 Å². The highest BCUT2D eigenvalue weighted by Gasteiger charge is 2.40. The van der Waals surface area contributed by atoms with Crippen molar-refractivity contribution < 1.29 is 5.11 Å². The number of nitrogens with zero attached hydrogens (tertiary/aromatic N) is 1. The highest BCUT2D eigenvalue weighted by molar-refractivity contribution is 7.09. The molecule has 0 saturated heterocycles. The molecule has 0 aromatic carbocycles. The maximum Gasteiger partial charge on any atom is 0.0897 e. The van der Waals surface area contributed by atoms with E-state index in [1.165, 1.54) is 0 Å². The van der Waals surface area contributed by atoms with Gasteiger partial charge in [0, 0.05) is 11.8 Å². The molecule has 3 heteroatoms. The molecule has 0 atom stereocenters. The van der Waals surface area contributed by atoms with E-state index in [1.807, 2.05) is 6.92 Å². The monoisotopic (exact) mass is 197 g/mol. The van der Waals surface area contributed by atoms with E-state index in [9.17, 15) is 5.11 Å². The van der Waals surface area contributed by atoms with Gasteiger partial charge in [0.1, 0.15) is 0 Å². The van der Waals surface area contributed by atoms with Gasteiger partial charge in [0.15, 0.2) is 0 Å². The molecule has 0 unspecified atom stereocenters. The Morgan fingerprint density at radius 2 is 2.38 bits per heavy atom. The summed E-state index contributed by atoms with van der Waals surface area (Å²) in [7, 11) is 0. The summed E-state index contributed by atoms with van der Waals surface area (Å²) >= 11 is 1.66. The number of rotatable bonds is 2. The molecule has 2 nitrogen and oxygen atoms in total. The van der Waals surface area contributed by atoms with Gasteiger partial charge in [-0.25, -0.2) is 4.98 Å². The summed E-state index contributed by atoms with van der Waals surface area (Å²) in [4.78, 5) is 4.36. The van der Waals surface area contributed by atoms with Gasteiger partial charge in [0.05, 0.1) is 16.3 Å². The first kappa shape index (κ1) is 9.16. The lowest BCUT2D eigenvalue weighted by molar-refractivity contribution is -0.0671. The van der Waals surface area contributed by atoms with Crippen LogP contribution in [0.5, 0.6) is 0 Å². The normalized spacial score (nSPS) is 33.0. The highest BCUT2D eigenvalue weighted by Crippen LogP contribution is 2.39. The van der Waals surface area contributed by atoms with Crippen molar-refractivity contribution in [2.75, 3.05) is 0 Å². The third kappa shape index (κ3) is 1.92. The first-order valence-electron chi connectivity index (χ1n) is 4.71. The van der Waals surface area contributed by atoms with E-state index in [-0.39, 0.29) is 0 Å². The van der Waals surface area contributed by atoms with Crippen molar-refractivity contribution in [2.24, 2.45) is 5.92 Å². The van der Waals surface area contributed by atoms with Gasteiger partial charge in [-0.05, 0) is 25.7 Å². The topological polar surface area (TPSA) is 33.1 Å². The number of hydrogen-bond donors (Lipinski definition) is 1. The summed E-state index contributed by atoms with van der Waals surface area (Å²) in [6, 6.07) is 0. The first-order valence-corrected chi connectivity index (χ1v) is 5.59. The fraction of sp³-hybridized carbons (Fsp3) is 0.700. The number of hydrogen-bond acceptors (Lipinski definition) is 3. The molecule has 0 amide bonds. The molecular weight excluding hydrogens is 182 g/mol. The Bertz CT molecular complexity index is 302. The van der Waals surface area contributed by atoms with E-state index >= 15 is 0 Å². The molecule has 72 valence electrons. The van der Waals surface area contributed by atoms with E-state index in [2.05, 4.69) is 17.3 Å². The molecule has 0 radical (unpaired) electrons. The van der Waals surface area contributed by atoms with E-state index in [4.69, 9.17) is 0 Å². The van der Waals surface area contributed by atoms with Gasteiger partial charge in [-0.2, -0.15) is 0 Å². The van der Waals surface area contributed by atoms with Crippen molar-refractivity contribution in [2.45, 2.75) is 38.7 Å². The maximum atomic E-state index is 10.0. The van der Waals surface area contributed by atoms with Crippen LogP contribution < -0.4 is 0 Å². The molecule has 2 rings (SSSR count). The second-order valence-corrected chi connectivity index (χ2v) is 5.33. The highest BCUT2D eigenvalue weighted by atomic mass is 32.1. The molecular formula is C10H15NOS. The van der Waals surface area contributed by atoms with Crippen LogP contribution in [0.3, 0.4) is 0 Å². The zero-order valence-electron chi connectivity index (χ0n) is 8.08. The fourth-order valence-corrected chi connectivity index (χ4v) is 2.82. The van der Waals surface area contributed by atoms with Crippen molar-refractivity contribution in [1.29, 1.82) is 0 Å². The largest absolute Gasteiger partial charge is 0.389 e. The van der Waals surface area contributed by atoms with Crippen molar-refractivity contribution in [1.82, 2.24) is 4.98 Å². The molecule has 0 spiro atoms. The summed E-state index contributed by atoms with van der Waals surface area (Å²) in [5, 5.41) is 13.1. The third-order valence-electron chi connectivity index (χ3n) is 2.63. The number of thiazole rings is 1. The zero-order chi connectivity index (χ0) is 9.47. The molecule has 1 heterocycles. The molecule has 1 saturated carbocycles. The minimum Gasteiger partial charge on any atom is -0.389 e. The van der Waals surface area contributed by atoms with Crippen LogP contribution in [0.1, 0.15) is 30.5 Å². The lowest BCUT2D eigenvalue weighted by Crippen LogP contribution is -2.44. The van der Waals surface area contributed by atoms with Crippen molar-refractivity contribution >= 4 is 11.3 Å². The standard InChI is InChI=1S/C10H15NOS/c1-7-3-10(12,4-7)5-9-6-13-8(2)11-9/h6-7,12H,3-5H2,1-2H3. The van der Waals surface area contributed by atoms with Crippen molar-refractivity contribution in [3.63, 3.8) is 0 Å². The summed E-state index contributed by atoms with van der Waals surface area (Å²) in [5.41, 5.74) is 0.608. The van der Waals surface area contributed by atoms with E-state index in [0.717, 1.165) is 30.0 Å². The average molecular weight is 197 g/mol. The lowest BCUT2D eigenvalue weighted by atomic mass is 9.70. The molecule has 1 aromatic rings. The number of aryl methyl sites for hydroxylation is 1. The Morgan fingerprint density at radius 1 is 1.69 bits per heavy atom. The Kier molecular flexibility index (Phi) is 2.16. The van der Waals surface area contributed by atoms with Crippen LogP contribution in [0, 0.1) is 12.8 Å². The number of aliphatic hydroxyl groups is 1. The summed E-state index contributed by atoms with van der Waals surface area (Å²) in [6.07, 6.45) is 2.61. The van der Waals surface area contributed by atoms with Crippen molar-refractivity contribution in [3.8, 4) is 0 Å². The predicted molar refractivity (Wildman–Crippen MR) is 53.9 cm³/mol. The van der Waals surface area contributed by atoms with E-state index < -0.39 is 5.60 Å². The quantitative estimate of drug-likeness (QED) is 0.788. The summed E-state index contributed by atoms with van der Waals surface area (Å²) in [6.45, 7) is 4.18. The van der Waals surface area contributed by atoms with Gasteiger partial charge >= 0.3 is 0 Å². The van der Waals surface area contributed by atoms with E-state index in [1.54, 1.807) is 11.3 Å². The van der Waals surface area contributed by atoms with Gasteiger partial charge in [-0.3, -0.25) is 0 Å². The Balaban J connectivity index is 1.99. The molecule has 13 heavy (non-hydrogen) atoms. The molecule has 0 aliphatic heterocycles. The van der Waals surface area contributed by atoms with Crippen molar-refractivity contribution in [3.05, 3.63) is 16.1 Å². The summed E-state index contributed by atoms with van der Waals surface area (Å²) in [5.74, 6) is 0.685. The molecule has 1 aromatic heterocycles. The zero-order valence-corrected chi connectivity index (χ0v) is 8.90. The molecule has 1 aliphatic rings.